The molecule has 3 rings (SSSR count). The fraction of sp³-hybridized carbons (Fsp3) is 0.333. The molecule has 0 radical (unpaired) electrons. The normalized spacial score (nSPS) is 24.5. The van der Waals surface area contributed by atoms with Crippen molar-refractivity contribution in [3.05, 3.63) is 46.5 Å². The van der Waals surface area contributed by atoms with Gasteiger partial charge in [-0.2, -0.15) is 0 Å². The average Bonchev–Trinajstić information content (AvgIpc) is 2.74. The van der Waals surface area contributed by atoms with Gasteiger partial charge in [0, 0.05) is 11.3 Å². The molecule has 2 aliphatic rings. The van der Waals surface area contributed by atoms with Crippen LogP contribution in [0.2, 0.25) is 0 Å². The standard InChI is InChI=1S/C15H15NO3S2.K/c1-8(17)11-13(18)16-12(15(19)20)10(21-14(11)16)7-9-5-3-2-4-6-9;/h2-6,8,11,14,17H,7H2,1H3,(H,19,20);/q;+1/p-1/t8?,11?,14-;/m1./s1. The SMILES string of the molecule is CC(O)C1C(=O)N2C(C([O-])=S)=C(Cc3ccccc3)S[C@H]12.[K+]. The molecule has 0 saturated carbocycles. The first kappa shape index (κ1) is 18.6. The van der Waals surface area contributed by atoms with Crippen LogP contribution in [0.1, 0.15) is 12.5 Å². The first-order valence-electron chi connectivity index (χ1n) is 6.67. The first-order chi connectivity index (χ1) is 10.0. The number of carbonyl (C=O) groups is 1. The van der Waals surface area contributed by atoms with Crippen LogP contribution in [0.15, 0.2) is 40.9 Å². The number of fused-ring (bicyclic) bond motifs is 1. The van der Waals surface area contributed by atoms with Crippen molar-refractivity contribution in [1.29, 1.82) is 0 Å². The van der Waals surface area contributed by atoms with E-state index in [1.807, 2.05) is 30.3 Å². The predicted molar refractivity (Wildman–Crippen MR) is 83.2 cm³/mol. The second kappa shape index (κ2) is 7.44. The Morgan fingerprint density at radius 1 is 1.45 bits per heavy atom. The molecule has 2 heterocycles. The molecule has 1 saturated heterocycles. The number of aliphatic hydroxyl groups is 1. The molecule has 7 heteroatoms. The van der Waals surface area contributed by atoms with E-state index in [-0.39, 0.29) is 62.7 Å². The van der Waals surface area contributed by atoms with Crippen molar-refractivity contribution in [1.82, 2.24) is 4.90 Å². The monoisotopic (exact) mass is 359 g/mol. The molecule has 110 valence electrons. The Labute approximate surface area is 181 Å². The molecule has 3 atom stereocenters. The van der Waals surface area contributed by atoms with Gasteiger partial charge in [-0.25, -0.2) is 0 Å². The predicted octanol–water partition coefficient (Wildman–Crippen LogP) is -1.96. The molecule has 1 amide bonds. The largest absolute Gasteiger partial charge is 1.00 e. The van der Waals surface area contributed by atoms with Gasteiger partial charge in [0.05, 0.1) is 17.7 Å². The molecule has 0 bridgehead atoms. The van der Waals surface area contributed by atoms with Crippen molar-refractivity contribution in [3.8, 4) is 0 Å². The molecule has 0 aliphatic carbocycles. The van der Waals surface area contributed by atoms with Gasteiger partial charge in [0.15, 0.2) is 0 Å². The van der Waals surface area contributed by atoms with Gasteiger partial charge in [-0.3, -0.25) is 9.69 Å². The molecule has 0 aromatic heterocycles. The third kappa shape index (κ3) is 3.23. The third-order valence-corrected chi connectivity index (χ3v) is 5.33. The molecular formula is C15H14KNO3S2. The molecule has 2 aliphatic heterocycles. The number of rotatable bonds is 4. The summed E-state index contributed by atoms with van der Waals surface area (Å²) >= 11 is 6.26. The van der Waals surface area contributed by atoms with E-state index in [0.717, 1.165) is 10.5 Å². The van der Waals surface area contributed by atoms with Crippen molar-refractivity contribution in [3.63, 3.8) is 0 Å². The number of aliphatic hydroxyl groups excluding tert-OH is 1. The van der Waals surface area contributed by atoms with Gasteiger partial charge >= 0.3 is 51.4 Å². The van der Waals surface area contributed by atoms with Gasteiger partial charge < -0.3 is 10.2 Å². The van der Waals surface area contributed by atoms with Gasteiger partial charge in [-0.15, -0.1) is 11.8 Å². The molecule has 0 spiro atoms. The summed E-state index contributed by atoms with van der Waals surface area (Å²) in [6, 6.07) is 9.75. The van der Waals surface area contributed by atoms with Gasteiger partial charge in [-0.1, -0.05) is 42.5 Å². The molecule has 1 fully saturated rings. The molecule has 1 N–H and O–H groups in total. The summed E-state index contributed by atoms with van der Waals surface area (Å²) in [4.78, 5) is 14.4. The van der Waals surface area contributed by atoms with Crippen LogP contribution in [0.5, 0.6) is 0 Å². The Kier molecular flexibility index (Phi) is 6.29. The van der Waals surface area contributed by atoms with E-state index in [2.05, 4.69) is 0 Å². The maximum absolute atomic E-state index is 12.1. The van der Waals surface area contributed by atoms with Gasteiger partial charge in [0.2, 0.25) is 5.91 Å². The fourth-order valence-corrected chi connectivity index (χ4v) is 4.68. The van der Waals surface area contributed by atoms with Gasteiger partial charge in [-0.05, 0) is 17.5 Å². The van der Waals surface area contributed by atoms with Crippen LogP contribution >= 0.6 is 24.0 Å². The van der Waals surface area contributed by atoms with Crippen LogP contribution in [0.3, 0.4) is 0 Å². The first-order valence-corrected chi connectivity index (χ1v) is 7.95. The quantitative estimate of drug-likeness (QED) is 0.384. The van der Waals surface area contributed by atoms with Crippen molar-refractivity contribution in [2.45, 2.75) is 24.8 Å². The minimum absolute atomic E-state index is 0. The number of benzene rings is 1. The fourth-order valence-electron chi connectivity index (χ4n) is 2.75. The van der Waals surface area contributed by atoms with E-state index in [4.69, 9.17) is 12.2 Å². The van der Waals surface area contributed by atoms with E-state index in [1.54, 1.807) is 6.92 Å². The zero-order valence-corrected chi connectivity index (χ0v) is 17.1. The van der Waals surface area contributed by atoms with Crippen molar-refractivity contribution in [2.75, 3.05) is 0 Å². The third-order valence-electron chi connectivity index (χ3n) is 3.77. The summed E-state index contributed by atoms with van der Waals surface area (Å²) in [5, 5.41) is 20.7. The van der Waals surface area contributed by atoms with Crippen LogP contribution < -0.4 is 56.5 Å². The summed E-state index contributed by atoms with van der Waals surface area (Å²) in [6.07, 6.45) is -0.139. The zero-order chi connectivity index (χ0) is 15.1. The number of β-lactam (4-membered cyclic amide) rings is 1. The number of thioether (sulfide) groups is 1. The van der Waals surface area contributed by atoms with Crippen LogP contribution in [0, 0.1) is 5.92 Å². The Morgan fingerprint density at radius 2 is 2.09 bits per heavy atom. The smallest absolute Gasteiger partial charge is 0.863 e. The number of carbonyl (C=O) groups excluding carboxylic acids is 1. The Bertz CT molecular complexity index is 633. The molecule has 2 unspecified atom stereocenters. The molecular weight excluding hydrogens is 345 g/mol. The summed E-state index contributed by atoms with van der Waals surface area (Å²) in [5.41, 5.74) is 1.39. The van der Waals surface area contributed by atoms with Gasteiger partial charge in [0.1, 0.15) is 5.37 Å². The number of amides is 1. The van der Waals surface area contributed by atoms with Crippen molar-refractivity contribution >= 4 is 34.9 Å². The maximum Gasteiger partial charge on any atom is 1.00 e. The Hall–Kier alpha value is 0.266. The Morgan fingerprint density at radius 3 is 2.64 bits per heavy atom. The maximum atomic E-state index is 12.1. The molecule has 1 aromatic rings. The van der Waals surface area contributed by atoms with Crippen molar-refractivity contribution in [2.24, 2.45) is 5.92 Å². The molecule has 4 nitrogen and oxygen atoms in total. The van der Waals surface area contributed by atoms with E-state index in [9.17, 15) is 15.0 Å². The summed E-state index contributed by atoms with van der Waals surface area (Å²) in [5.74, 6) is -0.661. The second-order valence-corrected chi connectivity index (χ2v) is 6.79. The number of nitrogens with zero attached hydrogens (tertiary/aromatic N) is 1. The minimum atomic E-state index is -0.719. The van der Waals surface area contributed by atoms with E-state index in [1.165, 1.54) is 16.7 Å². The minimum Gasteiger partial charge on any atom is -0.863 e. The zero-order valence-electron chi connectivity index (χ0n) is 12.4. The van der Waals surface area contributed by atoms with Crippen LogP contribution in [-0.4, -0.2) is 32.4 Å². The summed E-state index contributed by atoms with van der Waals surface area (Å²) in [7, 11) is 0. The van der Waals surface area contributed by atoms with E-state index in [0.29, 0.717) is 12.1 Å². The number of hydrogen-bond acceptors (Lipinski definition) is 5. The van der Waals surface area contributed by atoms with Crippen LogP contribution in [-0.2, 0) is 11.2 Å². The van der Waals surface area contributed by atoms with E-state index < -0.39 is 17.1 Å². The summed E-state index contributed by atoms with van der Waals surface area (Å²) in [6.45, 7) is 1.60. The van der Waals surface area contributed by atoms with Gasteiger partial charge in [0.25, 0.3) is 0 Å². The topological polar surface area (TPSA) is 63.6 Å². The molecule has 22 heavy (non-hydrogen) atoms. The number of thiocarbonyl (C=S) groups is 1. The van der Waals surface area contributed by atoms with E-state index >= 15 is 0 Å². The molecule has 1 aromatic carbocycles. The van der Waals surface area contributed by atoms with Crippen LogP contribution in [0.25, 0.3) is 0 Å². The number of hydrogen-bond donors (Lipinski definition) is 1. The van der Waals surface area contributed by atoms with Crippen molar-refractivity contribution < 1.29 is 66.4 Å². The second-order valence-electron chi connectivity index (χ2n) is 5.20. The average molecular weight is 360 g/mol. The summed E-state index contributed by atoms with van der Waals surface area (Å²) < 4.78 is 0. The Balaban J connectivity index is 0.00000176. The van der Waals surface area contributed by atoms with Crippen LogP contribution in [0.4, 0.5) is 0 Å². The number of allylic oxidation sites excluding steroid dienone is 1.